The highest BCUT2D eigenvalue weighted by atomic mass is 16.6. The van der Waals surface area contributed by atoms with Crippen LogP contribution in [-0.2, 0) is 20.1 Å². The minimum Gasteiger partial charge on any atom is -0.458 e. The largest absolute Gasteiger partial charge is 0.499 e. The van der Waals surface area contributed by atoms with E-state index in [4.69, 9.17) is 18.8 Å². The van der Waals surface area contributed by atoms with Crippen molar-refractivity contribution in [3.8, 4) is 45.3 Å². The number of nitrogens with zero attached hydrogens (tertiary/aromatic N) is 4. The predicted molar refractivity (Wildman–Crippen MR) is 424 cm³/mol. The molecule has 14 aromatic rings. The molecule has 0 spiro atoms. The first-order chi connectivity index (χ1) is 50.0. The summed E-state index contributed by atoms with van der Waals surface area (Å²) in [5, 5.41) is 0. The lowest BCUT2D eigenvalue weighted by Crippen LogP contribution is -2.59. The van der Waals surface area contributed by atoms with E-state index in [1.165, 1.54) is 72.3 Å². The zero-order chi connectivity index (χ0) is 69.1. The first-order valence-electron chi connectivity index (χ1n) is 35.0. The summed E-state index contributed by atoms with van der Waals surface area (Å²) in [5.41, 5.74) is 27.5. The maximum absolute atomic E-state index is 6.87. The predicted octanol–water partition coefficient (Wildman–Crippen LogP) is 21.6. The number of benzene rings is 14. The Balaban J connectivity index is 0.000000152. The van der Waals surface area contributed by atoms with Crippen LogP contribution in [-0.4, -0.2) is 28.1 Å². The monoisotopic (exact) mass is 1320 g/mol. The molecule has 2 aliphatic carbocycles. The van der Waals surface area contributed by atoms with Crippen LogP contribution in [0, 0.1) is 0 Å². The van der Waals surface area contributed by atoms with Gasteiger partial charge in [0.1, 0.15) is 23.0 Å². The second kappa shape index (κ2) is 26.2. The highest BCUT2D eigenvalue weighted by Gasteiger charge is 2.45. The fourth-order valence-corrected chi connectivity index (χ4v) is 16.1. The van der Waals surface area contributed by atoms with Crippen LogP contribution in [0.3, 0.4) is 0 Å². The van der Waals surface area contributed by atoms with Crippen LogP contribution < -0.4 is 50.9 Å². The van der Waals surface area contributed by atoms with Gasteiger partial charge in [-0.05, 0) is 219 Å². The third kappa shape index (κ3) is 11.0. The summed E-state index contributed by atoms with van der Waals surface area (Å²) in [6.45, 7) is 9.43. The molecule has 10 heteroatoms. The molecule has 0 unspecified atom stereocenters. The standard InChI is InChI=1S/C47H41BN2O3.C45H33BN2O/c1-47(2)42-31-29-39(33-41(42)40-30-28-38(32-43(40)47)49(34-18-9-5-10-19-34)35-20-11-6-12-21-35)53-45-27-17-26-44(46(45)48(51-3)52-4)50(36-22-13-7-14-23-36)37-24-15-8-16-25-37;1-45(2)36-27-33(47(30-15-6-3-7-16-30)31-17-8-4-9-18-31)25-26-34(36)35-28-43-39(29-37(35)45)46-38-21-12-13-22-40(38)48(32-19-10-5-11-20-32)41-23-14-24-42(49-43)44(41)46/h5-33H,1-4H3;3-29H,1-2H3. The molecule has 0 aromatic heterocycles. The van der Waals surface area contributed by atoms with Gasteiger partial charge in [-0.15, -0.1) is 0 Å². The average Bonchev–Trinajstić information content (AvgIpc) is 1.28. The summed E-state index contributed by atoms with van der Waals surface area (Å²) in [6.07, 6.45) is 0. The highest BCUT2D eigenvalue weighted by Crippen LogP contribution is 2.55. The number of hydrogen-bond donors (Lipinski definition) is 0. The topological polar surface area (TPSA) is 49.9 Å². The fourth-order valence-electron chi connectivity index (χ4n) is 16.1. The van der Waals surface area contributed by atoms with E-state index in [2.05, 4.69) is 338 Å². The van der Waals surface area contributed by atoms with Crippen molar-refractivity contribution >= 4 is 104 Å². The van der Waals surface area contributed by atoms with Crippen LogP contribution in [0.15, 0.2) is 340 Å². The van der Waals surface area contributed by atoms with E-state index in [1.807, 2.05) is 48.5 Å². The van der Waals surface area contributed by atoms with E-state index >= 15 is 0 Å². The molecule has 0 bridgehead atoms. The van der Waals surface area contributed by atoms with Crippen LogP contribution in [0.2, 0.25) is 0 Å². The van der Waals surface area contributed by atoms with Crippen molar-refractivity contribution in [1.29, 1.82) is 0 Å². The molecule has 0 N–H and O–H groups in total. The van der Waals surface area contributed by atoms with Crippen LogP contribution >= 0.6 is 0 Å². The minimum atomic E-state index is -0.680. The summed E-state index contributed by atoms with van der Waals surface area (Å²) < 4.78 is 25.6. The Kier molecular flexibility index (Phi) is 16.3. The molecule has 18 rings (SSSR count). The van der Waals surface area contributed by atoms with E-state index in [0.717, 1.165) is 79.6 Å². The molecule has 0 atom stereocenters. The van der Waals surface area contributed by atoms with Gasteiger partial charge >= 0.3 is 7.12 Å². The summed E-state index contributed by atoms with van der Waals surface area (Å²) >= 11 is 0. The lowest BCUT2D eigenvalue weighted by molar-refractivity contribution is 0.291. The second-order valence-corrected chi connectivity index (χ2v) is 27.4. The summed E-state index contributed by atoms with van der Waals surface area (Å²) in [7, 11) is 2.63. The zero-order valence-corrected chi connectivity index (χ0v) is 57.9. The van der Waals surface area contributed by atoms with E-state index < -0.39 is 7.12 Å². The Morgan fingerprint density at radius 1 is 0.343 bits per heavy atom. The Hall–Kier alpha value is -12.1. The smallest absolute Gasteiger partial charge is 0.458 e. The molecule has 0 amide bonds. The molecule has 2 aliphatic heterocycles. The molecule has 0 saturated heterocycles. The van der Waals surface area contributed by atoms with Gasteiger partial charge in [-0.1, -0.05) is 210 Å². The molecule has 4 aliphatic rings. The van der Waals surface area contributed by atoms with Gasteiger partial charge in [-0.3, -0.25) is 0 Å². The number of anilines is 12. The number of fused-ring (bicyclic) bond motifs is 10. The molecule has 0 fully saturated rings. The van der Waals surface area contributed by atoms with Crippen molar-refractivity contribution in [2.24, 2.45) is 0 Å². The molecular formula is C92H74B2N4O4. The number of hydrogen-bond acceptors (Lipinski definition) is 8. The Morgan fingerprint density at radius 2 is 0.784 bits per heavy atom. The molecule has 2 heterocycles. The number of rotatable bonds is 15. The van der Waals surface area contributed by atoms with Crippen molar-refractivity contribution in [2.45, 2.75) is 38.5 Å². The van der Waals surface area contributed by atoms with Crippen LogP contribution in [0.5, 0.6) is 23.0 Å². The van der Waals surface area contributed by atoms with Gasteiger partial charge < -0.3 is 38.4 Å². The first-order valence-corrected chi connectivity index (χ1v) is 35.0. The fraction of sp³-hybridized carbons (Fsp3) is 0.0870. The lowest BCUT2D eigenvalue weighted by atomic mass is 9.34. The maximum Gasteiger partial charge on any atom is 0.499 e. The van der Waals surface area contributed by atoms with Crippen molar-refractivity contribution in [1.82, 2.24) is 0 Å². The van der Waals surface area contributed by atoms with Gasteiger partial charge in [0.25, 0.3) is 6.71 Å². The molecule has 14 aromatic carbocycles. The molecule has 8 nitrogen and oxygen atoms in total. The first kappa shape index (κ1) is 63.4. The molecule has 102 heavy (non-hydrogen) atoms. The minimum absolute atomic E-state index is 0.0677. The third-order valence-corrected chi connectivity index (χ3v) is 20.8. The van der Waals surface area contributed by atoms with E-state index in [-0.39, 0.29) is 17.5 Å². The molecule has 0 radical (unpaired) electrons. The van der Waals surface area contributed by atoms with Crippen molar-refractivity contribution in [3.05, 3.63) is 362 Å². The van der Waals surface area contributed by atoms with Crippen molar-refractivity contribution in [3.63, 3.8) is 0 Å². The average molecular weight is 1320 g/mol. The van der Waals surface area contributed by atoms with E-state index in [9.17, 15) is 0 Å². The van der Waals surface area contributed by atoms with Crippen LogP contribution in [0.25, 0.3) is 22.3 Å². The van der Waals surface area contributed by atoms with Crippen molar-refractivity contribution < 1.29 is 18.8 Å². The van der Waals surface area contributed by atoms with Crippen molar-refractivity contribution in [2.75, 3.05) is 33.8 Å². The quantitative estimate of drug-likeness (QED) is 0.0941. The number of para-hydroxylation sites is 8. The summed E-state index contributed by atoms with van der Waals surface area (Å²) in [4.78, 5) is 9.26. The van der Waals surface area contributed by atoms with Gasteiger partial charge in [0, 0.05) is 98.8 Å². The van der Waals surface area contributed by atoms with Gasteiger partial charge in [-0.2, -0.15) is 0 Å². The van der Waals surface area contributed by atoms with Gasteiger partial charge in [0.2, 0.25) is 0 Å². The van der Waals surface area contributed by atoms with Crippen LogP contribution in [0.1, 0.15) is 49.9 Å². The third-order valence-electron chi connectivity index (χ3n) is 20.8. The van der Waals surface area contributed by atoms with Gasteiger partial charge in [0.05, 0.1) is 0 Å². The van der Waals surface area contributed by atoms with Gasteiger partial charge in [-0.25, -0.2) is 0 Å². The highest BCUT2D eigenvalue weighted by molar-refractivity contribution is 6.99. The second-order valence-electron chi connectivity index (χ2n) is 27.4. The van der Waals surface area contributed by atoms with Gasteiger partial charge in [0.15, 0.2) is 0 Å². The molecule has 0 saturated carbocycles. The summed E-state index contributed by atoms with van der Waals surface area (Å²) in [5.74, 6) is 3.27. The number of ether oxygens (including phenoxy) is 2. The Morgan fingerprint density at radius 3 is 1.30 bits per heavy atom. The van der Waals surface area contributed by atoms with Crippen LogP contribution in [0.4, 0.5) is 68.2 Å². The molecule has 492 valence electrons. The maximum atomic E-state index is 6.87. The molecular weight excluding hydrogens is 1250 g/mol. The normalized spacial score (nSPS) is 13.3. The zero-order valence-electron chi connectivity index (χ0n) is 57.9. The Labute approximate surface area is 598 Å². The summed E-state index contributed by atoms with van der Waals surface area (Å²) in [6, 6.07) is 120. The van der Waals surface area contributed by atoms with E-state index in [1.54, 1.807) is 14.2 Å². The lowest BCUT2D eigenvalue weighted by Gasteiger charge is -2.40. The Bertz CT molecular complexity index is 5300. The SMILES string of the molecule is CC1(C)c2cc(N(c3ccccc3)c3ccccc3)ccc2-c2cc3c(cc21)B1c2ccccc2N(c2ccccc2)c2cccc(c21)O3.COB(OC)c1c(Oc2ccc3c(c2)-c2ccc(N(c4ccccc4)c4ccccc4)cc2C3(C)C)cccc1N(c1ccccc1)c1ccccc1. The van der Waals surface area contributed by atoms with E-state index in [0.29, 0.717) is 5.75 Å².